The monoisotopic (exact) mass is 282 g/mol. The van der Waals surface area contributed by atoms with E-state index in [1.165, 1.54) is 12.3 Å². The molecule has 2 rings (SSSR count). The Bertz CT molecular complexity index is 613. The van der Waals surface area contributed by atoms with E-state index in [9.17, 15) is 13.6 Å². The van der Waals surface area contributed by atoms with Crippen LogP contribution in [-0.4, -0.2) is 22.8 Å². The van der Waals surface area contributed by atoms with Gasteiger partial charge in [0.1, 0.15) is 12.2 Å². The summed E-state index contributed by atoms with van der Waals surface area (Å²) in [6, 6.07) is 3.42. The summed E-state index contributed by atoms with van der Waals surface area (Å²) in [7, 11) is 0. The highest BCUT2D eigenvalue weighted by Gasteiger charge is 2.16. The van der Waals surface area contributed by atoms with Gasteiger partial charge < -0.3 is 9.47 Å². The predicted octanol–water partition coefficient (Wildman–Crippen LogP) is 2.44. The number of nitrogens with one attached hydrogen (secondary N) is 1. The van der Waals surface area contributed by atoms with Gasteiger partial charge in [-0.05, 0) is 24.6 Å². The minimum Gasteiger partial charge on any atom is -0.472 e. The number of hydrogen-bond acceptors (Lipinski definition) is 4. The summed E-state index contributed by atoms with van der Waals surface area (Å²) in [5.41, 5.74) is 0.572. The summed E-state index contributed by atoms with van der Waals surface area (Å²) < 4.78 is 35.9. The molecule has 1 aromatic carbocycles. The van der Waals surface area contributed by atoms with Gasteiger partial charge in [-0.25, -0.2) is 18.7 Å². The van der Waals surface area contributed by atoms with Crippen LogP contribution in [0.15, 0.2) is 24.4 Å². The second kappa shape index (κ2) is 6.14. The molecule has 5 nitrogen and oxygen atoms in total. The molecule has 0 fully saturated rings. The van der Waals surface area contributed by atoms with Gasteiger partial charge in [0.15, 0.2) is 11.6 Å². The fraction of sp³-hybridized carbons (Fsp3) is 0.231. The normalized spacial score (nSPS) is 10.3. The van der Waals surface area contributed by atoms with E-state index in [2.05, 4.69) is 10.2 Å². The number of rotatable bonds is 5. The van der Waals surface area contributed by atoms with Crippen molar-refractivity contribution in [3.05, 3.63) is 47.2 Å². The standard InChI is InChI=1S/C13H12F2N2O3/c1-2-19-13(18)9-6-16-17-12(9)20-7-8-3-4-10(14)11(15)5-8/h3-6H,2,7H2,1H3,(H,16,17). The van der Waals surface area contributed by atoms with E-state index < -0.39 is 17.6 Å². The van der Waals surface area contributed by atoms with Gasteiger partial charge in [0.25, 0.3) is 0 Å². The Kier molecular flexibility index (Phi) is 4.29. The maximum Gasteiger partial charge on any atom is 0.345 e. The number of esters is 1. The van der Waals surface area contributed by atoms with Crippen LogP contribution < -0.4 is 4.74 Å². The number of carbonyl (C=O) groups is 1. The molecule has 106 valence electrons. The van der Waals surface area contributed by atoms with Crippen molar-refractivity contribution in [1.29, 1.82) is 0 Å². The Morgan fingerprint density at radius 3 is 2.85 bits per heavy atom. The molecule has 0 aliphatic carbocycles. The lowest BCUT2D eigenvalue weighted by molar-refractivity contribution is 0.0521. The molecule has 0 amide bonds. The molecule has 0 atom stereocenters. The summed E-state index contributed by atoms with van der Waals surface area (Å²) in [6.45, 7) is 1.87. The molecule has 7 heteroatoms. The highest BCUT2D eigenvalue weighted by molar-refractivity contribution is 5.91. The van der Waals surface area contributed by atoms with Crippen LogP contribution in [0.3, 0.4) is 0 Å². The number of hydrogen-bond donors (Lipinski definition) is 1. The molecule has 20 heavy (non-hydrogen) atoms. The van der Waals surface area contributed by atoms with Gasteiger partial charge >= 0.3 is 5.97 Å². The van der Waals surface area contributed by atoms with E-state index in [1.807, 2.05) is 0 Å². The number of aromatic amines is 1. The predicted molar refractivity (Wildman–Crippen MR) is 65.2 cm³/mol. The number of ether oxygens (including phenoxy) is 2. The number of nitrogens with zero attached hydrogens (tertiary/aromatic N) is 1. The molecule has 0 unspecified atom stereocenters. The molecule has 1 N–H and O–H groups in total. The van der Waals surface area contributed by atoms with E-state index in [0.717, 1.165) is 12.1 Å². The second-order valence-electron chi connectivity index (χ2n) is 3.87. The summed E-state index contributed by atoms with van der Waals surface area (Å²) in [4.78, 5) is 11.6. The van der Waals surface area contributed by atoms with E-state index in [1.54, 1.807) is 6.92 Å². The average Bonchev–Trinajstić information content (AvgIpc) is 2.89. The number of H-pyrrole nitrogens is 1. The zero-order chi connectivity index (χ0) is 14.5. The quantitative estimate of drug-likeness (QED) is 0.855. The largest absolute Gasteiger partial charge is 0.472 e. The third-order valence-corrected chi connectivity index (χ3v) is 2.47. The molecule has 0 aliphatic rings. The molecule has 0 saturated heterocycles. The van der Waals surface area contributed by atoms with Gasteiger partial charge in [-0.3, -0.25) is 0 Å². The van der Waals surface area contributed by atoms with Gasteiger partial charge in [0, 0.05) is 0 Å². The SMILES string of the molecule is CCOC(=O)c1cn[nH]c1OCc1ccc(F)c(F)c1. The van der Waals surface area contributed by atoms with Crippen molar-refractivity contribution in [2.45, 2.75) is 13.5 Å². The molecule has 1 aromatic heterocycles. The van der Waals surface area contributed by atoms with Crippen molar-refractivity contribution in [1.82, 2.24) is 10.2 Å². The van der Waals surface area contributed by atoms with Crippen LogP contribution in [-0.2, 0) is 11.3 Å². The fourth-order valence-corrected chi connectivity index (χ4v) is 1.52. The molecular formula is C13H12F2N2O3. The van der Waals surface area contributed by atoms with Crippen LogP contribution >= 0.6 is 0 Å². The first-order valence-corrected chi connectivity index (χ1v) is 5.89. The van der Waals surface area contributed by atoms with Crippen molar-refractivity contribution in [3.63, 3.8) is 0 Å². The molecule has 1 heterocycles. The van der Waals surface area contributed by atoms with E-state index in [-0.39, 0.29) is 24.7 Å². The number of halogens is 2. The first-order chi connectivity index (χ1) is 9.61. The molecule has 0 aliphatic heterocycles. The van der Waals surface area contributed by atoms with Crippen molar-refractivity contribution in [2.75, 3.05) is 6.61 Å². The first-order valence-electron chi connectivity index (χ1n) is 5.89. The van der Waals surface area contributed by atoms with Crippen molar-refractivity contribution in [3.8, 4) is 5.88 Å². The van der Waals surface area contributed by atoms with Gasteiger partial charge in [-0.15, -0.1) is 0 Å². The Morgan fingerprint density at radius 2 is 2.15 bits per heavy atom. The van der Waals surface area contributed by atoms with Crippen LogP contribution in [0.4, 0.5) is 8.78 Å². The highest BCUT2D eigenvalue weighted by atomic mass is 19.2. The van der Waals surface area contributed by atoms with Gasteiger partial charge in [0.2, 0.25) is 5.88 Å². The lowest BCUT2D eigenvalue weighted by Crippen LogP contribution is -2.06. The molecular weight excluding hydrogens is 270 g/mol. The highest BCUT2D eigenvalue weighted by Crippen LogP contribution is 2.17. The second-order valence-corrected chi connectivity index (χ2v) is 3.87. The molecule has 0 radical (unpaired) electrons. The number of benzene rings is 1. The zero-order valence-electron chi connectivity index (χ0n) is 10.7. The molecule has 2 aromatic rings. The van der Waals surface area contributed by atoms with Crippen LogP contribution in [0, 0.1) is 11.6 Å². The maximum atomic E-state index is 13.0. The van der Waals surface area contributed by atoms with Crippen molar-refractivity contribution < 1.29 is 23.0 Å². The summed E-state index contributed by atoms with van der Waals surface area (Å²) in [5, 5.41) is 6.18. The number of aromatic nitrogens is 2. The smallest absolute Gasteiger partial charge is 0.345 e. The third kappa shape index (κ3) is 3.11. The third-order valence-electron chi connectivity index (χ3n) is 2.47. The van der Waals surface area contributed by atoms with Gasteiger partial charge in [-0.2, -0.15) is 5.10 Å². The van der Waals surface area contributed by atoms with Crippen molar-refractivity contribution >= 4 is 5.97 Å². The van der Waals surface area contributed by atoms with Gasteiger partial charge in [0.05, 0.1) is 12.8 Å². The first kappa shape index (κ1) is 14.0. The van der Waals surface area contributed by atoms with E-state index >= 15 is 0 Å². The van der Waals surface area contributed by atoms with Crippen LogP contribution in [0.5, 0.6) is 5.88 Å². The summed E-state index contributed by atoms with van der Waals surface area (Å²) >= 11 is 0. The van der Waals surface area contributed by atoms with Crippen LogP contribution in [0.2, 0.25) is 0 Å². The van der Waals surface area contributed by atoms with Gasteiger partial charge in [-0.1, -0.05) is 6.07 Å². The average molecular weight is 282 g/mol. The minimum absolute atomic E-state index is 0.0359. The van der Waals surface area contributed by atoms with Crippen LogP contribution in [0.1, 0.15) is 22.8 Å². The maximum absolute atomic E-state index is 13.0. The van der Waals surface area contributed by atoms with Crippen molar-refractivity contribution in [2.24, 2.45) is 0 Å². The molecule has 0 bridgehead atoms. The molecule has 0 saturated carbocycles. The Hall–Kier alpha value is -2.44. The minimum atomic E-state index is -0.957. The van der Waals surface area contributed by atoms with Crippen LogP contribution in [0.25, 0.3) is 0 Å². The lowest BCUT2D eigenvalue weighted by Gasteiger charge is -2.06. The summed E-state index contributed by atoms with van der Waals surface area (Å²) in [5.74, 6) is -2.33. The Morgan fingerprint density at radius 1 is 1.35 bits per heavy atom. The number of carbonyl (C=O) groups excluding carboxylic acids is 1. The fourth-order valence-electron chi connectivity index (χ4n) is 1.52. The van der Waals surface area contributed by atoms with E-state index in [0.29, 0.717) is 5.56 Å². The molecule has 0 spiro atoms. The Labute approximate surface area is 113 Å². The Balaban J connectivity index is 2.05. The van der Waals surface area contributed by atoms with E-state index in [4.69, 9.17) is 9.47 Å². The topological polar surface area (TPSA) is 64.2 Å². The summed E-state index contributed by atoms with van der Waals surface area (Å²) in [6.07, 6.45) is 1.28. The lowest BCUT2D eigenvalue weighted by atomic mass is 10.2. The zero-order valence-corrected chi connectivity index (χ0v) is 10.7.